The standard InChI is InChI=1S/C31H51FNOPS/c1-8-17-26(18-13-12-16-21-36-30-20-15-14-19-27(30)32)31(35)33-28(10-3)24(7)22-25(9-2)29(11-4)34-23(5)6/h11,19-20,22-23,26,28,33,35H,7-10,12-18,21H2,1-6H3/b25-22-,29-11+. The lowest BCUT2D eigenvalue weighted by Crippen LogP contribution is -2.38. The molecule has 1 rings (SSSR count). The SMILES string of the molecule is C=C(/C=C(CC)\C(=C/C)OC(C)C)C(CC)NC(=P)C(CCC)CCCCCSC1=CCCC=C1F. The summed E-state index contributed by atoms with van der Waals surface area (Å²) in [4.78, 5) is 0.841. The Balaban J connectivity index is 2.61. The van der Waals surface area contributed by atoms with Crippen molar-refractivity contribution in [3.05, 3.63) is 58.5 Å². The molecule has 0 heterocycles. The fraction of sp³-hybridized carbons (Fsp3) is 0.645. The summed E-state index contributed by atoms with van der Waals surface area (Å²) in [5.74, 6) is 2.41. The molecule has 2 atom stereocenters. The maximum absolute atomic E-state index is 13.8. The van der Waals surface area contributed by atoms with Gasteiger partial charge in [0.1, 0.15) is 11.6 Å². The van der Waals surface area contributed by atoms with E-state index in [1.165, 1.54) is 23.8 Å². The summed E-state index contributed by atoms with van der Waals surface area (Å²) in [6.07, 6.45) is 18.8. The summed E-state index contributed by atoms with van der Waals surface area (Å²) < 4.78 is 19.8. The Morgan fingerprint density at radius 1 is 1.17 bits per heavy atom. The molecule has 0 bridgehead atoms. The third kappa shape index (κ3) is 12.4. The molecular weight excluding hydrogens is 484 g/mol. The molecule has 0 spiro atoms. The first-order chi connectivity index (χ1) is 17.3. The zero-order valence-electron chi connectivity index (χ0n) is 23.7. The van der Waals surface area contributed by atoms with Gasteiger partial charge in [0.05, 0.1) is 6.10 Å². The van der Waals surface area contributed by atoms with Crippen LogP contribution in [-0.4, -0.2) is 23.3 Å². The number of halogens is 1. The van der Waals surface area contributed by atoms with Crippen molar-refractivity contribution in [2.45, 2.75) is 118 Å². The molecule has 2 unspecified atom stereocenters. The van der Waals surface area contributed by atoms with Gasteiger partial charge < -0.3 is 4.74 Å². The molecule has 1 aliphatic carbocycles. The number of hydrogen-bond acceptors (Lipinski definition) is 2. The van der Waals surface area contributed by atoms with Crippen LogP contribution in [0.15, 0.2) is 58.5 Å². The summed E-state index contributed by atoms with van der Waals surface area (Å²) in [6.45, 7) is 17.2. The van der Waals surface area contributed by atoms with Gasteiger partial charge in [0.25, 0.3) is 0 Å². The summed E-state index contributed by atoms with van der Waals surface area (Å²) in [6, 6.07) is 0.179. The van der Waals surface area contributed by atoms with Gasteiger partial charge in [-0.05, 0) is 101 Å². The van der Waals surface area contributed by atoms with E-state index in [4.69, 9.17) is 4.74 Å². The molecule has 0 aromatic heterocycles. The lowest BCUT2D eigenvalue weighted by atomic mass is 9.94. The summed E-state index contributed by atoms with van der Waals surface area (Å²) in [5.41, 5.74) is 3.46. The van der Waals surface area contributed by atoms with E-state index >= 15 is 0 Å². The Bertz CT molecular complexity index is 811. The second-order valence-electron chi connectivity index (χ2n) is 9.82. The number of thioether (sulfide) groups is 1. The van der Waals surface area contributed by atoms with Crippen molar-refractivity contribution < 1.29 is 9.13 Å². The quantitative estimate of drug-likeness (QED) is 0.0769. The normalized spacial score (nSPS) is 16.4. The predicted molar refractivity (Wildman–Crippen MR) is 164 cm³/mol. The fourth-order valence-corrected chi connectivity index (χ4v) is 5.89. The average molecular weight is 536 g/mol. The highest BCUT2D eigenvalue weighted by Gasteiger charge is 2.18. The number of nitrogens with one attached hydrogen (secondary N) is 1. The zero-order chi connectivity index (χ0) is 26.9. The van der Waals surface area contributed by atoms with Gasteiger partial charge >= 0.3 is 0 Å². The lowest BCUT2D eigenvalue weighted by Gasteiger charge is -2.25. The molecule has 0 amide bonds. The van der Waals surface area contributed by atoms with E-state index in [9.17, 15) is 4.39 Å². The van der Waals surface area contributed by atoms with Gasteiger partial charge in [-0.25, -0.2) is 4.39 Å². The Hall–Kier alpha value is -1.09. The summed E-state index contributed by atoms with van der Waals surface area (Å²) in [7, 11) is 3.96. The monoisotopic (exact) mass is 535 g/mol. The van der Waals surface area contributed by atoms with E-state index in [0.29, 0.717) is 5.92 Å². The van der Waals surface area contributed by atoms with Crippen LogP contribution in [0.3, 0.4) is 0 Å². The maximum Gasteiger partial charge on any atom is 0.132 e. The molecular formula is C31H51FNOPS. The van der Waals surface area contributed by atoms with Crippen LogP contribution in [0.25, 0.3) is 0 Å². The Kier molecular flexibility index (Phi) is 17.4. The van der Waals surface area contributed by atoms with Crippen LogP contribution >= 0.6 is 20.6 Å². The smallest absolute Gasteiger partial charge is 0.132 e. The van der Waals surface area contributed by atoms with Crippen LogP contribution in [0, 0.1) is 5.92 Å². The summed E-state index contributed by atoms with van der Waals surface area (Å²) >= 11 is 1.67. The van der Waals surface area contributed by atoms with Crippen LogP contribution in [0.1, 0.15) is 106 Å². The third-order valence-corrected chi connectivity index (χ3v) is 8.14. The van der Waals surface area contributed by atoms with Crippen LogP contribution in [0.2, 0.25) is 0 Å². The minimum atomic E-state index is -0.0269. The Morgan fingerprint density at radius 2 is 1.89 bits per heavy atom. The molecule has 0 aliphatic heterocycles. The van der Waals surface area contributed by atoms with Gasteiger partial charge in [0.15, 0.2) is 0 Å². The topological polar surface area (TPSA) is 21.3 Å². The van der Waals surface area contributed by atoms with Crippen LogP contribution in [-0.2, 0) is 4.74 Å². The van der Waals surface area contributed by atoms with E-state index in [0.717, 1.165) is 73.4 Å². The number of rotatable bonds is 19. The van der Waals surface area contributed by atoms with Crippen LogP contribution in [0.4, 0.5) is 4.39 Å². The van der Waals surface area contributed by atoms with Crippen molar-refractivity contribution in [2.24, 2.45) is 5.92 Å². The molecule has 36 heavy (non-hydrogen) atoms. The second kappa shape index (κ2) is 19.0. The first-order valence-corrected chi connectivity index (χ1v) is 15.5. The first kappa shape index (κ1) is 32.9. The maximum atomic E-state index is 13.8. The van der Waals surface area contributed by atoms with Crippen LogP contribution in [0.5, 0.6) is 0 Å². The van der Waals surface area contributed by atoms with Gasteiger partial charge in [-0.3, -0.25) is 5.32 Å². The van der Waals surface area contributed by atoms with Crippen molar-refractivity contribution in [3.8, 4) is 0 Å². The fourth-order valence-electron chi connectivity index (χ4n) is 4.40. The molecule has 1 aliphatic rings. The van der Waals surface area contributed by atoms with Gasteiger partial charge in [-0.2, -0.15) is 0 Å². The van der Waals surface area contributed by atoms with E-state index in [1.807, 2.05) is 19.1 Å². The molecule has 204 valence electrons. The largest absolute Gasteiger partial charge is 0.491 e. The van der Waals surface area contributed by atoms with Gasteiger partial charge in [0.2, 0.25) is 0 Å². The first-order valence-electron chi connectivity index (χ1n) is 14.0. The van der Waals surface area contributed by atoms with Crippen LogP contribution < -0.4 is 5.32 Å². The average Bonchev–Trinajstić information content (AvgIpc) is 2.86. The highest BCUT2D eigenvalue weighted by Crippen LogP contribution is 2.31. The molecule has 0 aromatic carbocycles. The van der Waals surface area contributed by atoms with E-state index in [2.05, 4.69) is 61.5 Å². The third-order valence-electron chi connectivity index (χ3n) is 6.42. The Morgan fingerprint density at radius 3 is 2.47 bits per heavy atom. The highest BCUT2D eigenvalue weighted by molar-refractivity contribution is 8.03. The number of ether oxygens (including phenoxy) is 1. The number of unbranched alkanes of at least 4 members (excludes halogenated alkanes) is 2. The lowest BCUT2D eigenvalue weighted by molar-refractivity contribution is 0.153. The highest BCUT2D eigenvalue weighted by atomic mass is 32.2. The number of allylic oxidation sites excluding steroid dienone is 5. The second-order valence-corrected chi connectivity index (χ2v) is 11.5. The van der Waals surface area contributed by atoms with E-state index in [-0.39, 0.29) is 18.0 Å². The predicted octanol–water partition coefficient (Wildman–Crippen LogP) is 10.1. The molecule has 2 nitrogen and oxygen atoms in total. The minimum absolute atomic E-state index is 0.0269. The zero-order valence-corrected chi connectivity index (χ0v) is 25.5. The number of hydrogen-bond donors (Lipinski definition) is 1. The van der Waals surface area contributed by atoms with Crippen molar-refractivity contribution in [1.82, 2.24) is 5.32 Å². The Labute approximate surface area is 228 Å². The minimum Gasteiger partial charge on any atom is -0.491 e. The van der Waals surface area contributed by atoms with Gasteiger partial charge in [-0.15, -0.1) is 20.6 Å². The molecule has 1 N–H and O–H groups in total. The van der Waals surface area contributed by atoms with E-state index < -0.39 is 0 Å². The van der Waals surface area contributed by atoms with Gasteiger partial charge in [-0.1, -0.05) is 58.8 Å². The van der Waals surface area contributed by atoms with Gasteiger partial charge in [0, 0.05) is 16.4 Å². The molecule has 0 radical (unpaired) electrons. The molecule has 5 heteroatoms. The summed E-state index contributed by atoms with van der Waals surface area (Å²) in [5, 5.41) is 3.74. The molecule has 0 saturated heterocycles. The van der Waals surface area contributed by atoms with Crippen molar-refractivity contribution >= 4 is 26.0 Å². The molecule has 0 fully saturated rings. The molecule has 0 aromatic rings. The molecule has 0 saturated carbocycles. The van der Waals surface area contributed by atoms with E-state index in [1.54, 1.807) is 17.8 Å². The van der Waals surface area contributed by atoms with Crippen molar-refractivity contribution in [2.75, 3.05) is 5.75 Å². The van der Waals surface area contributed by atoms with Crippen molar-refractivity contribution in [3.63, 3.8) is 0 Å². The van der Waals surface area contributed by atoms with Crippen molar-refractivity contribution in [1.29, 1.82) is 0 Å².